The zero-order valence-electron chi connectivity index (χ0n) is 9.73. The Bertz CT molecular complexity index is 491. The van der Waals surface area contributed by atoms with Crippen LogP contribution in [0.4, 0.5) is 0 Å². The Kier molecular flexibility index (Phi) is 3.62. The topological polar surface area (TPSA) is 80.7 Å². The summed E-state index contributed by atoms with van der Waals surface area (Å²) in [6.45, 7) is 2.82. The maximum Gasteiger partial charge on any atom is 0.331 e. The van der Waals surface area contributed by atoms with Crippen LogP contribution in [0.1, 0.15) is 13.8 Å². The Balaban J connectivity index is 3.17. The van der Waals surface area contributed by atoms with E-state index in [-0.39, 0.29) is 22.5 Å². The number of carboxylic acid groups (broad SMARTS) is 1. The molecule has 0 aromatic carbocycles. The first-order valence-electron chi connectivity index (χ1n) is 4.85. The fourth-order valence-corrected chi connectivity index (χ4v) is 1.43. The monoisotopic (exact) mass is 236 g/mol. The number of ether oxygens (including phenoxy) is 1. The second-order valence-corrected chi connectivity index (χ2v) is 3.58. The molecular weight excluding hydrogens is 224 g/mol. The number of hydrogen-bond acceptors (Lipinski definition) is 4. The van der Waals surface area contributed by atoms with E-state index >= 15 is 0 Å². The van der Waals surface area contributed by atoms with E-state index < -0.39 is 17.5 Å². The van der Waals surface area contributed by atoms with Gasteiger partial charge in [-0.3, -0.25) is 9.59 Å². The molecule has 0 bridgehead atoms. The van der Waals surface area contributed by atoms with Crippen LogP contribution in [-0.4, -0.2) is 29.8 Å². The standard InChI is InChI=1S/C12H12O5/c1-6(12(15)16)4-8-5-9(13)11(17-3)7(2)10(8)14/h4-5H,1-3H3,(H,15,16)/b6-4+. The van der Waals surface area contributed by atoms with E-state index in [2.05, 4.69) is 0 Å². The summed E-state index contributed by atoms with van der Waals surface area (Å²) in [5, 5.41) is 8.70. The number of carbonyl (C=O) groups is 3. The zero-order chi connectivity index (χ0) is 13.2. The third-order valence-corrected chi connectivity index (χ3v) is 2.37. The molecule has 0 saturated heterocycles. The van der Waals surface area contributed by atoms with Crippen molar-refractivity contribution in [3.05, 3.63) is 34.6 Å². The lowest BCUT2D eigenvalue weighted by Gasteiger charge is -2.13. The fraction of sp³-hybridized carbons (Fsp3) is 0.250. The van der Waals surface area contributed by atoms with Gasteiger partial charge in [-0.15, -0.1) is 0 Å². The van der Waals surface area contributed by atoms with Crippen LogP contribution in [0.2, 0.25) is 0 Å². The Morgan fingerprint density at radius 2 is 2.00 bits per heavy atom. The first-order valence-corrected chi connectivity index (χ1v) is 4.85. The highest BCUT2D eigenvalue weighted by Crippen LogP contribution is 2.21. The van der Waals surface area contributed by atoms with Gasteiger partial charge in [0.1, 0.15) is 0 Å². The van der Waals surface area contributed by atoms with Crippen LogP contribution < -0.4 is 0 Å². The lowest BCUT2D eigenvalue weighted by Crippen LogP contribution is -2.18. The van der Waals surface area contributed by atoms with Crippen molar-refractivity contribution in [1.29, 1.82) is 0 Å². The number of allylic oxidation sites excluding steroid dienone is 4. The van der Waals surface area contributed by atoms with E-state index in [0.717, 1.165) is 6.08 Å². The van der Waals surface area contributed by atoms with E-state index in [1.54, 1.807) is 0 Å². The fourth-order valence-electron chi connectivity index (χ4n) is 1.43. The number of ketones is 2. The molecule has 5 heteroatoms. The molecule has 0 aliphatic heterocycles. The number of carboxylic acids is 1. The van der Waals surface area contributed by atoms with Crippen molar-refractivity contribution < 1.29 is 24.2 Å². The number of Topliss-reactive ketones (excluding diaryl/α,β-unsaturated/α-hetero) is 1. The number of carbonyl (C=O) groups excluding carboxylic acids is 2. The van der Waals surface area contributed by atoms with Crippen molar-refractivity contribution in [1.82, 2.24) is 0 Å². The van der Waals surface area contributed by atoms with Crippen molar-refractivity contribution in [3.63, 3.8) is 0 Å². The van der Waals surface area contributed by atoms with Gasteiger partial charge in [-0.1, -0.05) is 0 Å². The van der Waals surface area contributed by atoms with Crippen molar-refractivity contribution in [2.75, 3.05) is 7.11 Å². The van der Waals surface area contributed by atoms with Gasteiger partial charge in [0, 0.05) is 22.8 Å². The number of aliphatic carboxylic acids is 1. The molecule has 0 aromatic rings. The highest BCUT2D eigenvalue weighted by Gasteiger charge is 2.25. The Morgan fingerprint density at radius 1 is 1.41 bits per heavy atom. The molecule has 0 atom stereocenters. The van der Waals surface area contributed by atoms with Crippen molar-refractivity contribution in [2.45, 2.75) is 13.8 Å². The van der Waals surface area contributed by atoms with Gasteiger partial charge in [-0.25, -0.2) is 4.79 Å². The molecule has 90 valence electrons. The summed E-state index contributed by atoms with van der Waals surface area (Å²) in [6.07, 6.45) is 2.26. The summed E-state index contributed by atoms with van der Waals surface area (Å²) >= 11 is 0. The average Bonchev–Trinajstić information content (AvgIpc) is 2.26. The molecule has 1 rings (SSSR count). The second kappa shape index (κ2) is 4.78. The highest BCUT2D eigenvalue weighted by molar-refractivity contribution is 6.23. The Morgan fingerprint density at radius 3 is 2.47 bits per heavy atom. The van der Waals surface area contributed by atoms with Gasteiger partial charge >= 0.3 is 5.97 Å². The summed E-state index contributed by atoms with van der Waals surface area (Å²) < 4.78 is 4.81. The first-order chi connectivity index (χ1) is 7.88. The minimum Gasteiger partial charge on any atom is -0.492 e. The van der Waals surface area contributed by atoms with E-state index in [4.69, 9.17) is 9.84 Å². The van der Waals surface area contributed by atoms with Crippen LogP contribution in [0.5, 0.6) is 0 Å². The predicted molar refractivity (Wildman–Crippen MR) is 59.2 cm³/mol. The molecule has 5 nitrogen and oxygen atoms in total. The van der Waals surface area contributed by atoms with Crippen LogP contribution in [0.3, 0.4) is 0 Å². The lowest BCUT2D eigenvalue weighted by molar-refractivity contribution is -0.132. The molecule has 1 N–H and O–H groups in total. The van der Waals surface area contributed by atoms with E-state index in [1.165, 1.54) is 27.0 Å². The molecule has 0 amide bonds. The van der Waals surface area contributed by atoms with Crippen LogP contribution >= 0.6 is 0 Å². The summed E-state index contributed by atoms with van der Waals surface area (Å²) in [6, 6.07) is 0. The summed E-state index contributed by atoms with van der Waals surface area (Å²) in [5.41, 5.74) is 0.240. The molecule has 1 aliphatic rings. The highest BCUT2D eigenvalue weighted by atomic mass is 16.5. The van der Waals surface area contributed by atoms with Crippen LogP contribution in [0.25, 0.3) is 0 Å². The van der Waals surface area contributed by atoms with Crippen LogP contribution in [0, 0.1) is 0 Å². The molecule has 0 heterocycles. The number of hydrogen-bond donors (Lipinski definition) is 1. The van der Waals surface area contributed by atoms with Gasteiger partial charge in [-0.2, -0.15) is 0 Å². The lowest BCUT2D eigenvalue weighted by atomic mass is 9.94. The smallest absolute Gasteiger partial charge is 0.331 e. The maximum absolute atomic E-state index is 11.8. The molecule has 0 radical (unpaired) electrons. The minimum absolute atomic E-state index is 0.000119. The molecular formula is C12H12O5. The van der Waals surface area contributed by atoms with E-state index in [9.17, 15) is 14.4 Å². The predicted octanol–water partition coefficient (Wildman–Crippen LogP) is 1.02. The van der Waals surface area contributed by atoms with Gasteiger partial charge in [-0.05, 0) is 19.9 Å². The Labute approximate surface area is 98.1 Å². The summed E-state index contributed by atoms with van der Waals surface area (Å²) in [4.78, 5) is 34.0. The molecule has 0 unspecified atom stereocenters. The van der Waals surface area contributed by atoms with Crippen molar-refractivity contribution in [2.24, 2.45) is 0 Å². The summed E-state index contributed by atoms with van der Waals surface area (Å²) in [7, 11) is 1.31. The Hall–Kier alpha value is -2.17. The van der Waals surface area contributed by atoms with Crippen LogP contribution in [0.15, 0.2) is 34.6 Å². The average molecular weight is 236 g/mol. The molecule has 0 spiro atoms. The normalized spacial score (nSPS) is 17.1. The van der Waals surface area contributed by atoms with Crippen LogP contribution in [-0.2, 0) is 19.1 Å². The largest absolute Gasteiger partial charge is 0.492 e. The second-order valence-electron chi connectivity index (χ2n) is 3.58. The number of methoxy groups -OCH3 is 1. The van der Waals surface area contributed by atoms with Gasteiger partial charge in [0.25, 0.3) is 0 Å². The van der Waals surface area contributed by atoms with Gasteiger partial charge in [0.2, 0.25) is 5.78 Å². The number of rotatable bonds is 3. The molecule has 0 fully saturated rings. The SMILES string of the molecule is COC1=C(C)C(=O)C(/C=C(\C)C(=O)O)=CC1=O. The zero-order valence-corrected chi connectivity index (χ0v) is 9.73. The van der Waals surface area contributed by atoms with Crippen molar-refractivity contribution >= 4 is 17.5 Å². The quantitative estimate of drug-likeness (QED) is 0.584. The van der Waals surface area contributed by atoms with Gasteiger partial charge < -0.3 is 9.84 Å². The third-order valence-electron chi connectivity index (χ3n) is 2.37. The minimum atomic E-state index is -1.13. The van der Waals surface area contributed by atoms with Gasteiger partial charge in [0.15, 0.2) is 11.5 Å². The summed E-state index contributed by atoms with van der Waals surface area (Å²) in [5.74, 6) is -1.97. The molecule has 17 heavy (non-hydrogen) atoms. The van der Waals surface area contributed by atoms with Crippen molar-refractivity contribution in [3.8, 4) is 0 Å². The molecule has 0 saturated carbocycles. The molecule has 0 aromatic heterocycles. The molecule has 1 aliphatic carbocycles. The third kappa shape index (κ3) is 2.50. The maximum atomic E-state index is 11.8. The van der Waals surface area contributed by atoms with E-state index in [0.29, 0.717) is 0 Å². The van der Waals surface area contributed by atoms with E-state index in [1.807, 2.05) is 0 Å². The van der Waals surface area contributed by atoms with Gasteiger partial charge in [0.05, 0.1) is 7.11 Å². The first kappa shape index (κ1) is 12.9.